The van der Waals surface area contributed by atoms with Gasteiger partial charge in [-0.25, -0.2) is 0 Å². The number of halogens is 1. The molecule has 4 heteroatoms. The van der Waals surface area contributed by atoms with E-state index in [-0.39, 0.29) is 0 Å². The van der Waals surface area contributed by atoms with Gasteiger partial charge in [-0.15, -0.1) is 11.3 Å². The molecule has 1 N–H and O–H groups in total. The average molecular weight is 319 g/mol. The standard InChI is InChI=1S/C17H15ClO2S/c1-11(19)15-8-13(18)6-7-16(15)20-9-12-10-21-17-5-3-2-4-14(12)17/h2-8,10-11,19H,9H2,1H3. The van der Waals surface area contributed by atoms with Crippen LogP contribution >= 0.6 is 22.9 Å². The van der Waals surface area contributed by atoms with Crippen molar-refractivity contribution in [2.75, 3.05) is 0 Å². The molecule has 1 aromatic heterocycles. The van der Waals surface area contributed by atoms with Crippen molar-refractivity contribution in [1.82, 2.24) is 0 Å². The van der Waals surface area contributed by atoms with Gasteiger partial charge in [-0.2, -0.15) is 0 Å². The summed E-state index contributed by atoms with van der Waals surface area (Å²) in [4.78, 5) is 0. The number of ether oxygens (including phenoxy) is 1. The first-order valence-corrected chi connectivity index (χ1v) is 7.96. The number of hydrogen-bond acceptors (Lipinski definition) is 3. The summed E-state index contributed by atoms with van der Waals surface area (Å²) in [5.41, 5.74) is 1.86. The number of aliphatic hydroxyl groups is 1. The molecule has 108 valence electrons. The number of fused-ring (bicyclic) bond motifs is 1. The summed E-state index contributed by atoms with van der Waals surface area (Å²) in [5, 5.41) is 13.7. The fourth-order valence-corrected chi connectivity index (χ4v) is 3.41. The summed E-state index contributed by atoms with van der Waals surface area (Å²) < 4.78 is 7.15. The maximum atomic E-state index is 9.82. The van der Waals surface area contributed by atoms with E-state index in [0.29, 0.717) is 22.9 Å². The van der Waals surface area contributed by atoms with E-state index in [1.54, 1.807) is 36.5 Å². The van der Waals surface area contributed by atoms with Gasteiger partial charge >= 0.3 is 0 Å². The van der Waals surface area contributed by atoms with Crippen molar-refractivity contribution in [1.29, 1.82) is 0 Å². The zero-order valence-corrected chi connectivity index (χ0v) is 13.1. The van der Waals surface area contributed by atoms with Crippen LogP contribution < -0.4 is 4.74 Å². The van der Waals surface area contributed by atoms with Crippen LogP contribution in [-0.4, -0.2) is 5.11 Å². The van der Waals surface area contributed by atoms with Gasteiger partial charge in [0.1, 0.15) is 12.4 Å². The Morgan fingerprint density at radius 3 is 2.86 bits per heavy atom. The lowest BCUT2D eigenvalue weighted by Gasteiger charge is -2.13. The predicted molar refractivity (Wildman–Crippen MR) is 88.2 cm³/mol. The van der Waals surface area contributed by atoms with Gasteiger partial charge in [0.25, 0.3) is 0 Å². The predicted octanol–water partition coefficient (Wildman–Crippen LogP) is 5.19. The molecular weight excluding hydrogens is 304 g/mol. The third kappa shape index (κ3) is 3.05. The Bertz CT molecular complexity index is 764. The minimum absolute atomic E-state index is 0.478. The zero-order valence-electron chi connectivity index (χ0n) is 11.5. The number of hydrogen-bond donors (Lipinski definition) is 1. The lowest BCUT2D eigenvalue weighted by Crippen LogP contribution is -2.00. The van der Waals surface area contributed by atoms with Gasteiger partial charge in [-0.05, 0) is 42.0 Å². The molecule has 0 aliphatic heterocycles. The molecular formula is C17H15ClO2S. The number of thiophene rings is 1. The average Bonchev–Trinajstić information content (AvgIpc) is 2.89. The van der Waals surface area contributed by atoms with Crippen LogP contribution in [0.2, 0.25) is 5.02 Å². The van der Waals surface area contributed by atoms with E-state index < -0.39 is 6.10 Å². The number of aliphatic hydroxyl groups excluding tert-OH is 1. The normalized spacial score (nSPS) is 12.5. The van der Waals surface area contributed by atoms with E-state index in [9.17, 15) is 5.11 Å². The second-order valence-corrected chi connectivity index (χ2v) is 6.25. The van der Waals surface area contributed by atoms with Crippen molar-refractivity contribution < 1.29 is 9.84 Å². The Morgan fingerprint density at radius 1 is 1.24 bits per heavy atom. The van der Waals surface area contributed by atoms with Gasteiger partial charge in [0.2, 0.25) is 0 Å². The van der Waals surface area contributed by atoms with Crippen molar-refractivity contribution in [2.24, 2.45) is 0 Å². The molecule has 1 atom stereocenters. The summed E-state index contributed by atoms with van der Waals surface area (Å²) in [6.45, 7) is 2.18. The highest BCUT2D eigenvalue weighted by Gasteiger charge is 2.11. The second-order valence-electron chi connectivity index (χ2n) is 4.90. The molecule has 0 bridgehead atoms. The van der Waals surface area contributed by atoms with Gasteiger partial charge in [0.05, 0.1) is 6.10 Å². The van der Waals surface area contributed by atoms with E-state index in [4.69, 9.17) is 16.3 Å². The first-order valence-electron chi connectivity index (χ1n) is 6.70. The molecule has 1 unspecified atom stereocenters. The van der Waals surface area contributed by atoms with Crippen LogP contribution in [0.5, 0.6) is 5.75 Å². The van der Waals surface area contributed by atoms with Crippen LogP contribution in [0.3, 0.4) is 0 Å². The van der Waals surface area contributed by atoms with Gasteiger partial charge < -0.3 is 9.84 Å². The lowest BCUT2D eigenvalue weighted by molar-refractivity contribution is 0.190. The molecule has 0 aliphatic rings. The van der Waals surface area contributed by atoms with Gasteiger partial charge in [-0.3, -0.25) is 0 Å². The second kappa shape index (κ2) is 6.06. The zero-order chi connectivity index (χ0) is 14.8. The summed E-state index contributed by atoms with van der Waals surface area (Å²) in [7, 11) is 0. The van der Waals surface area contributed by atoms with Gasteiger partial charge in [0, 0.05) is 20.8 Å². The molecule has 0 fully saturated rings. The Kier molecular flexibility index (Phi) is 4.15. The highest BCUT2D eigenvalue weighted by Crippen LogP contribution is 2.31. The molecule has 1 heterocycles. The summed E-state index contributed by atoms with van der Waals surface area (Å²) in [5.74, 6) is 0.671. The van der Waals surface area contributed by atoms with E-state index >= 15 is 0 Å². The third-order valence-electron chi connectivity index (χ3n) is 3.37. The largest absolute Gasteiger partial charge is 0.488 e. The smallest absolute Gasteiger partial charge is 0.125 e. The highest BCUT2D eigenvalue weighted by molar-refractivity contribution is 7.17. The monoisotopic (exact) mass is 318 g/mol. The van der Waals surface area contributed by atoms with Crippen LogP contribution in [0, 0.1) is 0 Å². The molecule has 0 saturated heterocycles. The third-order valence-corrected chi connectivity index (χ3v) is 4.61. The maximum absolute atomic E-state index is 9.82. The van der Waals surface area contributed by atoms with Crippen molar-refractivity contribution in [2.45, 2.75) is 19.6 Å². The van der Waals surface area contributed by atoms with Gasteiger partial charge in [-0.1, -0.05) is 29.8 Å². The van der Waals surface area contributed by atoms with Crippen LogP contribution in [0.15, 0.2) is 47.8 Å². The number of rotatable bonds is 4. The molecule has 2 nitrogen and oxygen atoms in total. The maximum Gasteiger partial charge on any atom is 0.125 e. The Hall–Kier alpha value is -1.55. The van der Waals surface area contributed by atoms with Crippen LogP contribution in [0.4, 0.5) is 0 Å². The fraction of sp³-hybridized carbons (Fsp3) is 0.176. The first-order chi connectivity index (χ1) is 10.1. The SMILES string of the molecule is CC(O)c1cc(Cl)ccc1OCc1csc2ccccc12. The molecule has 3 rings (SSSR count). The van der Waals surface area contributed by atoms with Crippen molar-refractivity contribution in [3.63, 3.8) is 0 Å². The topological polar surface area (TPSA) is 29.5 Å². The van der Waals surface area contributed by atoms with Crippen LogP contribution in [0.25, 0.3) is 10.1 Å². The fourth-order valence-electron chi connectivity index (χ4n) is 2.28. The first kappa shape index (κ1) is 14.4. The molecule has 0 radical (unpaired) electrons. The quantitative estimate of drug-likeness (QED) is 0.717. The van der Waals surface area contributed by atoms with Crippen molar-refractivity contribution >= 4 is 33.0 Å². The molecule has 0 amide bonds. The van der Waals surface area contributed by atoms with E-state index in [1.807, 2.05) is 12.1 Å². The Morgan fingerprint density at radius 2 is 2.05 bits per heavy atom. The van der Waals surface area contributed by atoms with Crippen LogP contribution in [-0.2, 0) is 6.61 Å². The molecule has 0 spiro atoms. The molecule has 0 saturated carbocycles. The molecule has 3 aromatic rings. The minimum Gasteiger partial charge on any atom is -0.488 e. The van der Waals surface area contributed by atoms with E-state index in [2.05, 4.69) is 17.5 Å². The lowest BCUT2D eigenvalue weighted by atomic mass is 10.1. The summed E-state index contributed by atoms with van der Waals surface area (Å²) >= 11 is 7.69. The Balaban J connectivity index is 1.85. The Labute approximate surface area is 132 Å². The summed E-state index contributed by atoms with van der Waals surface area (Å²) in [6, 6.07) is 13.6. The summed E-state index contributed by atoms with van der Waals surface area (Å²) in [6.07, 6.45) is -0.613. The number of benzene rings is 2. The van der Waals surface area contributed by atoms with Crippen molar-refractivity contribution in [3.8, 4) is 5.75 Å². The van der Waals surface area contributed by atoms with E-state index in [0.717, 1.165) is 5.56 Å². The highest BCUT2D eigenvalue weighted by atomic mass is 35.5. The van der Waals surface area contributed by atoms with Gasteiger partial charge in [0.15, 0.2) is 0 Å². The van der Waals surface area contributed by atoms with Crippen LogP contribution in [0.1, 0.15) is 24.2 Å². The molecule has 21 heavy (non-hydrogen) atoms. The molecule has 2 aromatic carbocycles. The minimum atomic E-state index is -0.613. The molecule has 0 aliphatic carbocycles. The van der Waals surface area contributed by atoms with Crippen molar-refractivity contribution in [3.05, 3.63) is 64.0 Å². The van der Waals surface area contributed by atoms with E-state index in [1.165, 1.54) is 10.1 Å².